The van der Waals surface area contributed by atoms with Crippen LogP contribution in [0.1, 0.15) is 59.8 Å². The zero-order valence-electron chi connectivity index (χ0n) is 27.1. The number of hydrogen-bond acceptors (Lipinski definition) is 8. The number of hydrogen-bond donors (Lipinski definition) is 1. The number of benzene rings is 4. The van der Waals surface area contributed by atoms with Gasteiger partial charge in [0.25, 0.3) is 5.56 Å². The number of methoxy groups -OCH3 is 1. The second kappa shape index (κ2) is 14.6. The largest absolute Gasteiger partial charge is 0.496 e. The van der Waals surface area contributed by atoms with Gasteiger partial charge >= 0.3 is 11.9 Å². The number of nitrogens with zero attached hydrogens (tertiary/aromatic N) is 2. The summed E-state index contributed by atoms with van der Waals surface area (Å²) < 4.78 is 20.2. The lowest BCUT2D eigenvalue weighted by Gasteiger charge is -2.28. The molecule has 0 fully saturated rings. The van der Waals surface area contributed by atoms with Gasteiger partial charge in [-0.25, -0.2) is 14.6 Å². The molecule has 0 bridgehead atoms. The molecule has 2 heterocycles. The molecule has 49 heavy (non-hydrogen) atoms. The quantitative estimate of drug-likeness (QED) is 0.149. The van der Waals surface area contributed by atoms with E-state index in [4.69, 9.17) is 24.3 Å². The number of allylic oxidation sites excluding steroid dienone is 1. The van der Waals surface area contributed by atoms with E-state index in [-0.39, 0.29) is 24.3 Å². The molecule has 0 amide bonds. The molecule has 0 saturated carbocycles. The predicted molar refractivity (Wildman–Crippen MR) is 192 cm³/mol. The van der Waals surface area contributed by atoms with Crippen molar-refractivity contribution in [2.24, 2.45) is 4.99 Å². The lowest BCUT2D eigenvalue weighted by atomic mass is 9.90. The van der Waals surface area contributed by atoms with Crippen molar-refractivity contribution in [1.29, 1.82) is 0 Å². The normalized spacial score (nSPS) is 14.4. The molecule has 5 aromatic rings. The lowest BCUT2D eigenvalue weighted by molar-refractivity contribution is -0.139. The number of fused-ring (bicyclic) bond motifs is 2. The summed E-state index contributed by atoms with van der Waals surface area (Å²) in [5.41, 5.74) is 3.12. The Morgan fingerprint density at radius 3 is 2.47 bits per heavy atom. The first-order chi connectivity index (χ1) is 23.7. The third-order valence-electron chi connectivity index (χ3n) is 8.17. The van der Waals surface area contributed by atoms with E-state index in [0.29, 0.717) is 48.6 Å². The molecule has 1 aliphatic heterocycles. The zero-order valence-corrected chi connectivity index (χ0v) is 29.5. The van der Waals surface area contributed by atoms with Crippen LogP contribution in [-0.4, -0.2) is 35.3 Å². The minimum atomic E-state index is -0.983. The van der Waals surface area contributed by atoms with Crippen molar-refractivity contribution in [3.05, 3.63) is 137 Å². The summed E-state index contributed by atoms with van der Waals surface area (Å²) in [4.78, 5) is 44.7. The maximum atomic E-state index is 14.4. The first-order valence-electron chi connectivity index (χ1n) is 15.8. The second-order valence-electron chi connectivity index (χ2n) is 11.3. The van der Waals surface area contributed by atoms with Gasteiger partial charge in [0.15, 0.2) is 4.80 Å². The first-order valence-corrected chi connectivity index (χ1v) is 17.4. The number of ether oxygens (including phenoxy) is 3. The number of carboxylic acids is 1. The van der Waals surface area contributed by atoms with Crippen LogP contribution >= 0.6 is 27.3 Å². The molecular formula is C38H33BrN2O7S. The van der Waals surface area contributed by atoms with Crippen molar-refractivity contribution in [2.45, 2.75) is 39.3 Å². The number of carbonyl (C=O) groups is 2. The Balaban J connectivity index is 1.45. The molecule has 1 aromatic heterocycles. The van der Waals surface area contributed by atoms with Gasteiger partial charge in [0, 0.05) is 5.56 Å². The maximum absolute atomic E-state index is 14.4. The van der Waals surface area contributed by atoms with E-state index >= 15 is 0 Å². The van der Waals surface area contributed by atoms with Gasteiger partial charge in [-0.3, -0.25) is 9.36 Å². The Labute approximate surface area is 294 Å². The topological polar surface area (TPSA) is 116 Å². The van der Waals surface area contributed by atoms with Gasteiger partial charge in [-0.15, -0.1) is 0 Å². The highest BCUT2D eigenvalue weighted by Gasteiger charge is 2.37. The van der Waals surface area contributed by atoms with E-state index in [9.17, 15) is 14.4 Å². The molecule has 0 unspecified atom stereocenters. The summed E-state index contributed by atoms with van der Waals surface area (Å²) in [6.45, 7) is 4.20. The number of carboxylic acid groups (broad SMARTS) is 1. The number of esters is 1. The summed E-state index contributed by atoms with van der Waals surface area (Å²) in [6.07, 6.45) is 3.07. The van der Waals surface area contributed by atoms with Crippen LogP contribution in [0.25, 0.3) is 16.8 Å². The standard InChI is InChI=1S/C38H33BrN2O7S/c1-4-8-28-33(37(45)47-5-2)34(32-26-10-7-6-9-24(26)16-18-30(32)46-3)41-35(42)31(49-38(41)40-28)20-23-13-17-29(27(39)19-23)48-21-22-11-14-25(15-12-22)36(43)44/h6-7,9-20,34H,4-5,8,21H2,1-3H3,(H,43,44)/b31-20+/t34-/m1/s1. The summed E-state index contributed by atoms with van der Waals surface area (Å²) in [5, 5.41) is 10.9. The zero-order chi connectivity index (χ0) is 34.7. The molecule has 0 radical (unpaired) electrons. The molecule has 4 aromatic carbocycles. The van der Waals surface area contributed by atoms with Gasteiger partial charge in [-0.1, -0.05) is 73.2 Å². The van der Waals surface area contributed by atoms with Gasteiger partial charge < -0.3 is 19.3 Å². The summed E-state index contributed by atoms with van der Waals surface area (Å²) in [7, 11) is 1.58. The Morgan fingerprint density at radius 1 is 1.02 bits per heavy atom. The molecule has 1 atom stereocenters. The molecule has 1 N–H and O–H groups in total. The number of halogens is 1. The van der Waals surface area contributed by atoms with Gasteiger partial charge in [-0.2, -0.15) is 0 Å². The van der Waals surface area contributed by atoms with Crippen LogP contribution in [0, 0.1) is 0 Å². The summed E-state index contributed by atoms with van der Waals surface area (Å²) >= 11 is 4.85. The number of thiazole rings is 1. The molecule has 6 rings (SSSR count). The van der Waals surface area contributed by atoms with Gasteiger partial charge in [-0.05, 0) is 87.6 Å². The van der Waals surface area contributed by atoms with Crippen molar-refractivity contribution >= 4 is 56.1 Å². The Kier molecular flexibility index (Phi) is 10.1. The number of carbonyl (C=O) groups excluding carboxylic acids is 1. The number of rotatable bonds is 11. The fourth-order valence-corrected chi connectivity index (χ4v) is 7.44. The van der Waals surface area contributed by atoms with Crippen LogP contribution in [0.2, 0.25) is 0 Å². The molecule has 9 nitrogen and oxygen atoms in total. The highest BCUT2D eigenvalue weighted by atomic mass is 79.9. The molecule has 250 valence electrons. The molecule has 0 aliphatic carbocycles. The molecule has 1 aliphatic rings. The van der Waals surface area contributed by atoms with E-state index in [1.165, 1.54) is 23.5 Å². The molecule has 11 heteroatoms. The predicted octanol–water partition coefficient (Wildman–Crippen LogP) is 6.78. The van der Waals surface area contributed by atoms with E-state index in [2.05, 4.69) is 15.9 Å². The van der Waals surface area contributed by atoms with Gasteiger partial charge in [0.05, 0.1) is 39.6 Å². The van der Waals surface area contributed by atoms with Crippen LogP contribution in [-0.2, 0) is 16.1 Å². The second-order valence-corrected chi connectivity index (χ2v) is 13.2. The fraction of sp³-hybridized carbons (Fsp3) is 0.211. The smallest absolute Gasteiger partial charge is 0.338 e. The molecule has 0 spiro atoms. The number of aromatic carboxylic acids is 1. The fourth-order valence-electron chi connectivity index (χ4n) is 5.91. The summed E-state index contributed by atoms with van der Waals surface area (Å²) in [6, 6.07) is 22.9. The average molecular weight is 742 g/mol. The van der Waals surface area contributed by atoms with E-state index in [1.54, 1.807) is 42.9 Å². The average Bonchev–Trinajstić information content (AvgIpc) is 3.41. The van der Waals surface area contributed by atoms with Crippen molar-refractivity contribution in [3.8, 4) is 11.5 Å². The van der Waals surface area contributed by atoms with Crippen molar-refractivity contribution < 1.29 is 28.9 Å². The van der Waals surface area contributed by atoms with E-state index in [1.807, 2.05) is 55.5 Å². The molecular weight excluding hydrogens is 708 g/mol. The van der Waals surface area contributed by atoms with Crippen LogP contribution in [0.5, 0.6) is 11.5 Å². The van der Waals surface area contributed by atoms with Crippen LogP contribution in [0.3, 0.4) is 0 Å². The van der Waals surface area contributed by atoms with Crippen LogP contribution in [0.4, 0.5) is 0 Å². The lowest BCUT2D eigenvalue weighted by Crippen LogP contribution is -2.40. The van der Waals surface area contributed by atoms with Crippen molar-refractivity contribution in [1.82, 2.24) is 4.57 Å². The minimum Gasteiger partial charge on any atom is -0.496 e. The van der Waals surface area contributed by atoms with Crippen molar-refractivity contribution in [3.63, 3.8) is 0 Å². The maximum Gasteiger partial charge on any atom is 0.338 e. The van der Waals surface area contributed by atoms with Crippen LogP contribution < -0.4 is 24.4 Å². The third-order valence-corrected chi connectivity index (χ3v) is 9.77. The van der Waals surface area contributed by atoms with Crippen molar-refractivity contribution in [2.75, 3.05) is 13.7 Å². The Morgan fingerprint density at radius 2 is 1.78 bits per heavy atom. The van der Waals surface area contributed by atoms with Gasteiger partial charge in [0.1, 0.15) is 24.1 Å². The monoisotopic (exact) mass is 740 g/mol. The van der Waals surface area contributed by atoms with E-state index < -0.39 is 18.0 Å². The third kappa shape index (κ3) is 6.81. The SMILES string of the molecule is CCCC1=C(C(=O)OCC)[C@@H](c2c(OC)ccc3ccccc23)n2c(s/c(=C/c3ccc(OCc4ccc(C(=O)O)cc4)c(Br)c3)c2=O)=N1. The summed E-state index contributed by atoms with van der Waals surface area (Å²) in [5.74, 6) is -0.355. The molecule has 0 saturated heterocycles. The van der Waals surface area contributed by atoms with Crippen LogP contribution in [0.15, 0.2) is 104 Å². The highest BCUT2D eigenvalue weighted by Crippen LogP contribution is 2.41. The Hall–Kier alpha value is -5.00. The first kappa shape index (κ1) is 33.9. The Bertz CT molecular complexity index is 2290. The van der Waals surface area contributed by atoms with Gasteiger partial charge in [0.2, 0.25) is 0 Å². The highest BCUT2D eigenvalue weighted by molar-refractivity contribution is 9.10. The minimum absolute atomic E-state index is 0.178. The number of aromatic nitrogens is 1. The van der Waals surface area contributed by atoms with E-state index in [0.717, 1.165) is 28.3 Å².